The highest BCUT2D eigenvalue weighted by Crippen LogP contribution is 2.24. The summed E-state index contributed by atoms with van der Waals surface area (Å²) in [6.45, 7) is 3.47. The molecule has 0 amide bonds. The molecule has 0 radical (unpaired) electrons. The molecule has 1 saturated heterocycles. The van der Waals surface area contributed by atoms with Crippen molar-refractivity contribution >= 4 is 5.97 Å². The Kier molecular flexibility index (Phi) is 3.86. The molecular weight excluding hydrogens is 188 g/mol. The predicted molar refractivity (Wildman–Crippen MR) is 47.5 cm³/mol. The molecule has 82 valence electrons. The van der Waals surface area contributed by atoms with E-state index >= 15 is 0 Å². The van der Waals surface area contributed by atoms with Crippen LogP contribution < -0.4 is 0 Å². The van der Waals surface area contributed by atoms with Crippen molar-refractivity contribution < 1.29 is 24.1 Å². The van der Waals surface area contributed by atoms with Crippen molar-refractivity contribution in [3.8, 4) is 0 Å². The van der Waals surface area contributed by atoms with E-state index in [0.717, 1.165) is 0 Å². The first-order chi connectivity index (χ1) is 6.56. The van der Waals surface area contributed by atoms with Gasteiger partial charge in [0.25, 0.3) is 0 Å². The van der Waals surface area contributed by atoms with Crippen LogP contribution in [0.5, 0.6) is 0 Å². The SMILES string of the molecule is CO[C@H]1CO[C@H](O)[C@@H](OC(C)=O)[C@@H]1C. The average molecular weight is 204 g/mol. The van der Waals surface area contributed by atoms with Crippen molar-refractivity contribution in [1.29, 1.82) is 0 Å². The van der Waals surface area contributed by atoms with Gasteiger partial charge in [0, 0.05) is 20.0 Å². The molecule has 5 heteroatoms. The Morgan fingerprint density at radius 1 is 1.57 bits per heavy atom. The highest BCUT2D eigenvalue weighted by atomic mass is 16.7. The Hall–Kier alpha value is -0.650. The van der Waals surface area contributed by atoms with Crippen LogP contribution in [0.4, 0.5) is 0 Å². The molecule has 0 spiro atoms. The first kappa shape index (κ1) is 11.4. The molecule has 0 aromatic rings. The lowest BCUT2D eigenvalue weighted by Crippen LogP contribution is -2.50. The Bertz CT molecular complexity index is 205. The second-order valence-electron chi connectivity index (χ2n) is 3.43. The summed E-state index contributed by atoms with van der Waals surface area (Å²) >= 11 is 0. The third kappa shape index (κ3) is 2.43. The number of rotatable bonds is 2. The molecule has 1 N–H and O–H groups in total. The zero-order valence-corrected chi connectivity index (χ0v) is 8.60. The molecule has 0 unspecified atom stereocenters. The third-order valence-corrected chi connectivity index (χ3v) is 2.42. The third-order valence-electron chi connectivity index (χ3n) is 2.42. The van der Waals surface area contributed by atoms with Crippen molar-refractivity contribution in [2.45, 2.75) is 32.3 Å². The van der Waals surface area contributed by atoms with Crippen LogP contribution in [0.2, 0.25) is 0 Å². The highest BCUT2D eigenvalue weighted by molar-refractivity contribution is 5.66. The largest absolute Gasteiger partial charge is 0.457 e. The lowest BCUT2D eigenvalue weighted by Gasteiger charge is -2.37. The van der Waals surface area contributed by atoms with Crippen LogP contribution in [0.1, 0.15) is 13.8 Å². The molecule has 0 bridgehead atoms. The summed E-state index contributed by atoms with van der Waals surface area (Å²) in [5.41, 5.74) is 0. The Morgan fingerprint density at radius 3 is 2.71 bits per heavy atom. The number of esters is 1. The van der Waals surface area contributed by atoms with Crippen molar-refractivity contribution in [3.05, 3.63) is 0 Å². The fourth-order valence-electron chi connectivity index (χ4n) is 1.55. The molecule has 0 aliphatic carbocycles. The van der Waals surface area contributed by atoms with Gasteiger partial charge in [-0.2, -0.15) is 0 Å². The van der Waals surface area contributed by atoms with Gasteiger partial charge in [-0.15, -0.1) is 0 Å². The average Bonchev–Trinajstić information content (AvgIpc) is 2.12. The summed E-state index contributed by atoms with van der Waals surface area (Å²) in [6.07, 6.45) is -1.85. The van der Waals surface area contributed by atoms with Gasteiger partial charge in [0.2, 0.25) is 0 Å². The smallest absolute Gasteiger partial charge is 0.303 e. The summed E-state index contributed by atoms with van der Waals surface area (Å²) < 4.78 is 15.1. The number of aliphatic hydroxyl groups is 1. The monoisotopic (exact) mass is 204 g/mol. The van der Waals surface area contributed by atoms with E-state index < -0.39 is 18.4 Å². The Labute approximate surface area is 82.9 Å². The topological polar surface area (TPSA) is 65.0 Å². The second kappa shape index (κ2) is 4.72. The molecule has 0 aromatic carbocycles. The van der Waals surface area contributed by atoms with Gasteiger partial charge < -0.3 is 19.3 Å². The second-order valence-corrected chi connectivity index (χ2v) is 3.43. The maximum absolute atomic E-state index is 10.8. The summed E-state index contributed by atoms with van der Waals surface area (Å²) in [5, 5.41) is 9.45. The number of aliphatic hydroxyl groups excluding tert-OH is 1. The maximum Gasteiger partial charge on any atom is 0.303 e. The molecule has 1 heterocycles. The summed E-state index contributed by atoms with van der Waals surface area (Å²) in [7, 11) is 1.56. The van der Waals surface area contributed by atoms with Crippen molar-refractivity contribution in [2.24, 2.45) is 5.92 Å². The van der Waals surface area contributed by atoms with E-state index in [1.54, 1.807) is 7.11 Å². The van der Waals surface area contributed by atoms with Gasteiger partial charge in [-0.3, -0.25) is 4.79 Å². The summed E-state index contributed by atoms with van der Waals surface area (Å²) in [5.74, 6) is -0.506. The van der Waals surface area contributed by atoms with Crippen LogP contribution in [0.15, 0.2) is 0 Å². The minimum Gasteiger partial charge on any atom is -0.457 e. The molecule has 14 heavy (non-hydrogen) atoms. The van der Waals surface area contributed by atoms with Gasteiger partial charge in [-0.05, 0) is 0 Å². The predicted octanol–water partition coefficient (Wildman–Crippen LogP) is -0.0822. The van der Waals surface area contributed by atoms with Gasteiger partial charge in [-0.1, -0.05) is 6.92 Å². The van der Waals surface area contributed by atoms with Crippen LogP contribution >= 0.6 is 0 Å². The van der Waals surface area contributed by atoms with Gasteiger partial charge in [-0.25, -0.2) is 0 Å². The maximum atomic E-state index is 10.8. The number of methoxy groups -OCH3 is 1. The fourth-order valence-corrected chi connectivity index (χ4v) is 1.55. The number of carbonyl (C=O) groups excluding carboxylic acids is 1. The van der Waals surface area contributed by atoms with E-state index in [0.29, 0.717) is 6.61 Å². The normalized spacial score (nSPS) is 38.0. The van der Waals surface area contributed by atoms with E-state index in [-0.39, 0.29) is 12.0 Å². The van der Waals surface area contributed by atoms with Gasteiger partial charge >= 0.3 is 5.97 Å². The van der Waals surface area contributed by atoms with Crippen LogP contribution in [0.25, 0.3) is 0 Å². The van der Waals surface area contributed by atoms with E-state index in [1.807, 2.05) is 6.92 Å². The zero-order valence-electron chi connectivity index (χ0n) is 8.60. The van der Waals surface area contributed by atoms with Crippen LogP contribution in [0.3, 0.4) is 0 Å². The molecule has 0 saturated carbocycles. The Balaban J connectivity index is 2.63. The fraction of sp³-hybridized carbons (Fsp3) is 0.889. The molecule has 4 atom stereocenters. The molecule has 1 fully saturated rings. The highest BCUT2D eigenvalue weighted by Gasteiger charge is 2.39. The Morgan fingerprint density at radius 2 is 2.21 bits per heavy atom. The summed E-state index contributed by atoms with van der Waals surface area (Å²) in [6, 6.07) is 0. The molecule has 1 aliphatic rings. The number of hydrogen-bond acceptors (Lipinski definition) is 5. The quantitative estimate of drug-likeness (QED) is 0.637. The van der Waals surface area contributed by atoms with E-state index in [1.165, 1.54) is 6.92 Å². The van der Waals surface area contributed by atoms with Gasteiger partial charge in [0.05, 0.1) is 12.7 Å². The first-order valence-corrected chi connectivity index (χ1v) is 4.56. The van der Waals surface area contributed by atoms with E-state index in [4.69, 9.17) is 14.2 Å². The van der Waals surface area contributed by atoms with Crippen molar-refractivity contribution in [2.75, 3.05) is 13.7 Å². The molecule has 1 rings (SSSR count). The minimum absolute atomic E-state index is 0.0763. The minimum atomic E-state index is -1.06. The number of carbonyl (C=O) groups is 1. The zero-order chi connectivity index (χ0) is 10.7. The van der Waals surface area contributed by atoms with E-state index in [2.05, 4.69) is 0 Å². The van der Waals surface area contributed by atoms with Crippen LogP contribution in [0, 0.1) is 5.92 Å². The van der Waals surface area contributed by atoms with E-state index in [9.17, 15) is 9.90 Å². The molecule has 0 aromatic heterocycles. The number of hydrogen-bond donors (Lipinski definition) is 1. The van der Waals surface area contributed by atoms with Crippen molar-refractivity contribution in [1.82, 2.24) is 0 Å². The first-order valence-electron chi connectivity index (χ1n) is 4.56. The molecule has 1 aliphatic heterocycles. The lowest BCUT2D eigenvalue weighted by atomic mass is 9.95. The van der Waals surface area contributed by atoms with Gasteiger partial charge in [0.1, 0.15) is 0 Å². The lowest BCUT2D eigenvalue weighted by molar-refractivity contribution is -0.246. The standard InChI is InChI=1S/C9H16O5/c1-5-7(12-3)4-13-9(11)8(5)14-6(2)10/h5,7-9,11H,4H2,1-3H3/t5-,7+,8+,9+/m1/s1. The molecular formula is C9H16O5. The number of ether oxygens (including phenoxy) is 3. The van der Waals surface area contributed by atoms with Gasteiger partial charge in [0.15, 0.2) is 12.4 Å². The summed E-state index contributed by atoms with van der Waals surface area (Å²) in [4.78, 5) is 10.8. The van der Waals surface area contributed by atoms with Crippen molar-refractivity contribution in [3.63, 3.8) is 0 Å². The van der Waals surface area contributed by atoms with Crippen LogP contribution in [-0.4, -0.2) is 43.3 Å². The molecule has 5 nitrogen and oxygen atoms in total. The van der Waals surface area contributed by atoms with Crippen LogP contribution in [-0.2, 0) is 19.0 Å².